The van der Waals surface area contributed by atoms with E-state index in [1.54, 1.807) is 0 Å². The summed E-state index contributed by atoms with van der Waals surface area (Å²) in [4.78, 5) is 14.8. The molecule has 0 aromatic heterocycles. The van der Waals surface area contributed by atoms with Crippen LogP contribution in [0.25, 0.3) is 0 Å². The van der Waals surface area contributed by atoms with Crippen LogP contribution in [0.4, 0.5) is 4.79 Å². The third-order valence-corrected chi connectivity index (χ3v) is 8.39. The molecule has 0 spiro atoms. The molecule has 4 N–H and O–H groups in total. The Morgan fingerprint density at radius 2 is 1.70 bits per heavy atom. The van der Waals surface area contributed by atoms with Gasteiger partial charge in [0.05, 0.1) is 43.8 Å². The number of halogens is 1. The fraction of sp³-hybridized carbons (Fsp3) is 0.926. The Labute approximate surface area is 258 Å². The number of alkyl halides is 1. The molecule has 2 aliphatic carbocycles. The van der Waals surface area contributed by atoms with Gasteiger partial charge in [0.2, 0.25) is 0 Å². The number of nitrogens with zero attached hydrogens (tertiary/aromatic N) is 3. The number of urea groups is 1. The molecule has 2 fully saturated rings. The van der Waals surface area contributed by atoms with E-state index in [-0.39, 0.29) is 23.9 Å². The Hall–Kier alpha value is -0.920. The number of hydrogen-bond donors (Lipinski definition) is 3. The zero-order chi connectivity index (χ0) is 31.3. The number of quaternary nitrogens is 1. The van der Waals surface area contributed by atoms with Gasteiger partial charge in [0.25, 0.3) is 6.26 Å². The molecular formula is C27H55IN6O5S. The van der Waals surface area contributed by atoms with Crippen molar-refractivity contribution in [2.75, 3.05) is 71.6 Å². The lowest BCUT2D eigenvalue weighted by Crippen LogP contribution is -2.49. The molecule has 13 heteroatoms. The molecule has 2 amide bonds. The van der Waals surface area contributed by atoms with Crippen LogP contribution in [0.15, 0.2) is 0 Å². The van der Waals surface area contributed by atoms with Gasteiger partial charge in [0.1, 0.15) is 6.10 Å². The molecule has 236 valence electrons. The normalized spacial score (nSPS) is 23.3. The Morgan fingerprint density at radius 3 is 2.15 bits per heavy atom. The highest BCUT2D eigenvalue weighted by atomic mass is 127. The number of nitriles is 1. The van der Waals surface area contributed by atoms with Crippen molar-refractivity contribution in [2.24, 2.45) is 17.6 Å². The summed E-state index contributed by atoms with van der Waals surface area (Å²) < 4.78 is 44.0. The second-order valence-electron chi connectivity index (χ2n) is 11.8. The third-order valence-electron chi connectivity index (χ3n) is 7.60. The lowest BCUT2D eigenvalue weighted by molar-refractivity contribution is -0.889. The second-order valence-corrected chi connectivity index (χ2v) is 13.3. The highest BCUT2D eigenvalue weighted by Crippen LogP contribution is 2.36. The molecule has 0 heterocycles. The zero-order valence-corrected chi connectivity index (χ0v) is 28.1. The minimum absolute atomic E-state index is 0.119. The first-order valence-electron chi connectivity index (χ1n) is 15.0. The first kappa shape index (κ1) is 37.1. The first-order chi connectivity index (χ1) is 19.2. The lowest BCUT2D eigenvalue weighted by Gasteiger charge is -2.34. The van der Waals surface area contributed by atoms with E-state index in [1.807, 2.05) is 57.0 Å². The number of hydrogen-bond acceptors (Lipinski definition) is 8. The number of likely N-dealkylation sites (N-methyl/N-ethyl adjacent to an activating group) is 2. The summed E-state index contributed by atoms with van der Waals surface area (Å²) in [5, 5.41) is 14.6. The maximum absolute atomic E-state index is 12.2. The van der Waals surface area contributed by atoms with Crippen molar-refractivity contribution in [2.45, 2.75) is 76.4 Å². The monoisotopic (exact) mass is 703 g/mol. The highest BCUT2D eigenvalue weighted by molar-refractivity contribution is 14.1. The minimum Gasteiger partial charge on any atom is -0.748 e. The Morgan fingerprint density at radius 1 is 1.15 bits per heavy atom. The van der Waals surface area contributed by atoms with Crippen LogP contribution in [-0.2, 0) is 14.9 Å². The fourth-order valence-electron chi connectivity index (χ4n) is 5.32. The Bertz CT molecular complexity index is 831. The van der Waals surface area contributed by atoms with Gasteiger partial charge in [0, 0.05) is 32.7 Å². The lowest BCUT2D eigenvalue weighted by atomic mass is 9.76. The molecular weight excluding hydrogens is 647 g/mol. The average molecular weight is 704 g/mol. The molecule has 0 aromatic carbocycles. The summed E-state index contributed by atoms with van der Waals surface area (Å²) in [6, 6.07) is 0.0715. The van der Waals surface area contributed by atoms with Gasteiger partial charge in [0.15, 0.2) is 0 Å². The van der Waals surface area contributed by atoms with E-state index in [9.17, 15) is 17.8 Å². The molecule has 0 aliphatic heterocycles. The van der Waals surface area contributed by atoms with Crippen molar-refractivity contribution in [3.05, 3.63) is 0 Å². The number of amides is 2. The van der Waals surface area contributed by atoms with Gasteiger partial charge in [-0.15, -0.1) is 0 Å². The standard InChI is InChI=1S/C22H40N4O5S.C4H12N2.CH3I/c1-26(2,13-3-15-32(28,29)30)14-12-24-22(27)25-20-8-4-18(5-9-20)16-19-6-10-21(11-7-19)31-17-23;1-6(2)4-3-5;1-2/h18-21H,3-16H2,1-2H3,(H2-,24,25,27,28,29,30);3-5H2,1-2H3;1H3/i;;1D. The summed E-state index contributed by atoms with van der Waals surface area (Å²) in [5.41, 5.74) is 5.19. The fourth-order valence-corrected chi connectivity index (χ4v) is 5.80. The molecule has 2 aliphatic rings. The molecule has 0 saturated heterocycles. The van der Waals surface area contributed by atoms with Crippen molar-refractivity contribution in [1.82, 2.24) is 15.5 Å². The molecule has 2 saturated carbocycles. The van der Waals surface area contributed by atoms with Gasteiger partial charge in [-0.25, -0.2) is 13.2 Å². The molecule has 11 nitrogen and oxygen atoms in total. The number of nitrogens with one attached hydrogen (secondary N) is 2. The van der Waals surface area contributed by atoms with Crippen LogP contribution in [0.3, 0.4) is 0 Å². The summed E-state index contributed by atoms with van der Waals surface area (Å²) in [6.07, 6.45) is 12.1. The molecule has 40 heavy (non-hydrogen) atoms. The largest absolute Gasteiger partial charge is 0.748 e. The molecule has 0 radical (unpaired) electrons. The summed E-state index contributed by atoms with van der Waals surface area (Å²) in [5.74, 6) is 1.12. The zero-order valence-electron chi connectivity index (χ0n) is 26.1. The van der Waals surface area contributed by atoms with Crippen LogP contribution in [0.1, 0.15) is 65.6 Å². The van der Waals surface area contributed by atoms with Gasteiger partial charge >= 0.3 is 6.03 Å². The van der Waals surface area contributed by atoms with Crippen LogP contribution in [0.2, 0.25) is 0 Å². The smallest absolute Gasteiger partial charge is 0.315 e. The van der Waals surface area contributed by atoms with Crippen LogP contribution in [0, 0.1) is 23.4 Å². The topological polar surface area (TPSA) is 161 Å². The van der Waals surface area contributed by atoms with Gasteiger partial charge < -0.3 is 35.0 Å². The van der Waals surface area contributed by atoms with Crippen molar-refractivity contribution in [3.8, 4) is 6.26 Å². The SMILES string of the molecule is CN(C)CCN.C[N+](C)(CCCS(=O)(=O)[O-])CCNC(=O)NC1CCC(CC2CCC(OC#N)CC2)CC1.[2H]CI. The number of ether oxygens (including phenoxy) is 1. The number of carbonyl (C=O) groups is 1. The summed E-state index contributed by atoms with van der Waals surface area (Å²) in [7, 11) is 3.76. The van der Waals surface area contributed by atoms with E-state index in [4.69, 9.17) is 17.1 Å². The van der Waals surface area contributed by atoms with Crippen LogP contribution in [0.5, 0.6) is 0 Å². The first-order valence-corrected chi connectivity index (χ1v) is 17.4. The second kappa shape index (κ2) is 21.7. The molecule has 0 bridgehead atoms. The Kier molecular flexibility index (Phi) is 20.2. The van der Waals surface area contributed by atoms with E-state index in [2.05, 4.69) is 15.5 Å². The van der Waals surface area contributed by atoms with Gasteiger partial charge in [-0.2, -0.15) is 5.26 Å². The molecule has 0 aromatic rings. The maximum Gasteiger partial charge on any atom is 0.315 e. The van der Waals surface area contributed by atoms with Crippen LogP contribution >= 0.6 is 22.6 Å². The van der Waals surface area contributed by atoms with Crippen molar-refractivity contribution in [3.63, 3.8) is 0 Å². The molecule has 2 rings (SSSR count). The van der Waals surface area contributed by atoms with Crippen molar-refractivity contribution < 1.29 is 28.4 Å². The van der Waals surface area contributed by atoms with Gasteiger partial charge in [-0.3, -0.25) is 0 Å². The average Bonchev–Trinajstić information content (AvgIpc) is 2.86. The van der Waals surface area contributed by atoms with Gasteiger partial charge in [-0.05, 0) is 88.6 Å². The van der Waals surface area contributed by atoms with Crippen LogP contribution < -0.4 is 16.4 Å². The van der Waals surface area contributed by atoms with Gasteiger partial charge in [-0.1, -0.05) is 22.6 Å². The maximum atomic E-state index is 12.2. The number of nitrogens with two attached hydrogens (primary N) is 1. The quantitative estimate of drug-likeness (QED) is 0.0869. The third kappa shape index (κ3) is 20.9. The molecule has 0 atom stereocenters. The van der Waals surface area contributed by atoms with E-state index in [1.165, 1.54) is 6.42 Å². The predicted octanol–water partition coefficient (Wildman–Crippen LogP) is 2.86. The van der Waals surface area contributed by atoms with E-state index >= 15 is 0 Å². The van der Waals surface area contributed by atoms with E-state index in [0.29, 0.717) is 35.4 Å². The predicted molar refractivity (Wildman–Crippen MR) is 168 cm³/mol. The molecule has 0 unspecified atom stereocenters. The minimum atomic E-state index is -4.17. The summed E-state index contributed by atoms with van der Waals surface area (Å²) in [6.45, 7) is 3.48. The number of rotatable bonds is 13. The highest BCUT2D eigenvalue weighted by Gasteiger charge is 2.28. The van der Waals surface area contributed by atoms with Crippen LogP contribution in [-0.4, -0.2) is 112 Å². The Balaban J connectivity index is 0.00000154. The van der Waals surface area contributed by atoms with E-state index < -0.39 is 10.1 Å². The summed E-state index contributed by atoms with van der Waals surface area (Å²) >= 11 is 1.96. The van der Waals surface area contributed by atoms with E-state index in [0.717, 1.165) is 76.3 Å². The number of carbonyl (C=O) groups excluding carboxylic acids is 1. The van der Waals surface area contributed by atoms with Crippen molar-refractivity contribution >= 4 is 38.7 Å². The van der Waals surface area contributed by atoms with Crippen molar-refractivity contribution in [1.29, 1.82) is 5.26 Å².